The number of benzene rings is 2. The molecule has 2 amide bonds. The molecule has 0 radical (unpaired) electrons. The summed E-state index contributed by atoms with van der Waals surface area (Å²) in [6, 6.07) is 8.13. The van der Waals surface area contributed by atoms with Crippen LogP contribution in [0.5, 0.6) is 0 Å². The minimum Gasteiger partial charge on any atom is -0.509 e. The molecule has 1 aliphatic heterocycles. The van der Waals surface area contributed by atoms with Crippen molar-refractivity contribution in [3.63, 3.8) is 0 Å². The topological polar surface area (TPSA) is 123 Å². The predicted molar refractivity (Wildman–Crippen MR) is 168 cm³/mol. The number of methoxy groups -OCH3 is 2. The number of hydrogen-bond acceptors (Lipinski definition) is 7. The van der Waals surface area contributed by atoms with Crippen molar-refractivity contribution < 1.29 is 33.7 Å². The minimum atomic E-state index is -1.19. The number of rotatable bonds is 10. The molecule has 0 aliphatic carbocycles. The molecule has 2 atom stereocenters. The zero-order valence-corrected chi connectivity index (χ0v) is 27.5. The maximum atomic E-state index is 12.4. The number of esters is 1. The fourth-order valence-corrected chi connectivity index (χ4v) is 5.68. The number of ether oxygens (including phenoxy) is 3. The van der Waals surface area contributed by atoms with E-state index in [2.05, 4.69) is 22.8 Å². The van der Waals surface area contributed by atoms with Crippen LogP contribution in [0.15, 0.2) is 30.0 Å². The molecule has 0 fully saturated rings. The highest BCUT2D eigenvalue weighted by atomic mass is 16.5. The minimum absolute atomic E-state index is 0.0550. The maximum absolute atomic E-state index is 12.4. The molecule has 43 heavy (non-hydrogen) atoms. The Hall–Kier alpha value is -3.69. The SMILES string of the molecule is CCOC(=O)C(C)(COC)NC(=O)Cc1c(C)cc(C)cc1C.COCC1(C)NC(=O)C(c2c(C)cc(C)cc2C)=C1O. The van der Waals surface area contributed by atoms with Crippen LogP contribution in [0.2, 0.25) is 0 Å². The normalized spacial score (nSPS) is 17.5. The molecule has 0 aromatic heterocycles. The molecule has 0 spiro atoms. The van der Waals surface area contributed by atoms with Gasteiger partial charge < -0.3 is 30.0 Å². The van der Waals surface area contributed by atoms with Crippen LogP contribution in [-0.2, 0) is 35.0 Å². The van der Waals surface area contributed by atoms with Gasteiger partial charge in [0.05, 0.1) is 31.8 Å². The van der Waals surface area contributed by atoms with Gasteiger partial charge >= 0.3 is 5.97 Å². The van der Waals surface area contributed by atoms with E-state index in [1.165, 1.54) is 12.7 Å². The Morgan fingerprint density at radius 3 is 1.91 bits per heavy atom. The fourth-order valence-electron chi connectivity index (χ4n) is 5.68. The lowest BCUT2D eigenvalue weighted by molar-refractivity contribution is -0.155. The molecular weight excluding hydrogens is 548 g/mol. The Labute approximate surface area is 256 Å². The van der Waals surface area contributed by atoms with E-state index in [-0.39, 0.29) is 43.8 Å². The Kier molecular flexibility index (Phi) is 12.1. The van der Waals surface area contributed by atoms with Crippen molar-refractivity contribution in [2.24, 2.45) is 0 Å². The number of aryl methyl sites for hydroxylation is 6. The number of carbonyl (C=O) groups excluding carboxylic acids is 3. The second-order valence-electron chi connectivity index (χ2n) is 11.8. The first kappa shape index (κ1) is 35.5. The first-order chi connectivity index (χ1) is 20.0. The van der Waals surface area contributed by atoms with Gasteiger partial charge in [-0.15, -0.1) is 0 Å². The predicted octanol–water partition coefficient (Wildman–Crippen LogP) is 4.65. The van der Waals surface area contributed by atoms with Crippen LogP contribution in [0.3, 0.4) is 0 Å². The van der Waals surface area contributed by atoms with E-state index in [9.17, 15) is 19.5 Å². The molecule has 1 aliphatic rings. The Balaban J connectivity index is 0.000000303. The third-order valence-corrected chi connectivity index (χ3v) is 7.49. The van der Waals surface area contributed by atoms with Crippen molar-refractivity contribution in [3.05, 3.63) is 74.5 Å². The molecular formula is C34H48N2O7. The van der Waals surface area contributed by atoms with Gasteiger partial charge in [-0.3, -0.25) is 9.59 Å². The average molecular weight is 597 g/mol. The highest BCUT2D eigenvalue weighted by Gasteiger charge is 2.43. The van der Waals surface area contributed by atoms with Crippen molar-refractivity contribution in [1.82, 2.24) is 10.6 Å². The molecule has 0 saturated heterocycles. The van der Waals surface area contributed by atoms with Crippen molar-refractivity contribution >= 4 is 23.4 Å². The quantitative estimate of drug-likeness (QED) is 0.341. The van der Waals surface area contributed by atoms with Crippen LogP contribution in [0.4, 0.5) is 0 Å². The van der Waals surface area contributed by atoms with E-state index in [4.69, 9.17) is 14.2 Å². The van der Waals surface area contributed by atoms with E-state index in [1.54, 1.807) is 27.9 Å². The van der Waals surface area contributed by atoms with Gasteiger partial charge in [0.15, 0.2) is 5.54 Å². The van der Waals surface area contributed by atoms with Crippen LogP contribution in [0.25, 0.3) is 5.57 Å². The average Bonchev–Trinajstić information content (AvgIpc) is 3.09. The number of aliphatic hydroxyl groups excluding tert-OH is 1. The molecule has 3 rings (SSSR count). The van der Waals surface area contributed by atoms with Crippen LogP contribution in [0, 0.1) is 41.5 Å². The summed E-state index contributed by atoms with van der Waals surface area (Å²) >= 11 is 0. The van der Waals surface area contributed by atoms with Crippen LogP contribution < -0.4 is 10.6 Å². The summed E-state index contributed by atoms with van der Waals surface area (Å²) in [6.07, 6.45) is 0.219. The molecule has 236 valence electrons. The van der Waals surface area contributed by atoms with Gasteiger partial charge in [-0.2, -0.15) is 0 Å². The summed E-state index contributed by atoms with van der Waals surface area (Å²) in [6.45, 7) is 17.6. The van der Waals surface area contributed by atoms with Gasteiger partial charge in [0, 0.05) is 14.2 Å². The summed E-state index contributed by atoms with van der Waals surface area (Å²) in [5.41, 5.74) is 6.54. The van der Waals surface area contributed by atoms with Gasteiger partial charge in [-0.05, 0) is 95.7 Å². The van der Waals surface area contributed by atoms with Crippen LogP contribution in [0.1, 0.15) is 65.3 Å². The van der Waals surface area contributed by atoms with E-state index in [1.807, 2.05) is 53.7 Å². The Morgan fingerprint density at radius 1 is 0.930 bits per heavy atom. The lowest BCUT2D eigenvalue weighted by Crippen LogP contribution is -2.56. The first-order valence-electron chi connectivity index (χ1n) is 14.4. The molecule has 3 N–H and O–H groups in total. The maximum Gasteiger partial charge on any atom is 0.333 e. The van der Waals surface area contributed by atoms with Crippen LogP contribution in [-0.4, -0.2) is 68.0 Å². The third kappa shape index (κ3) is 8.45. The first-order valence-corrected chi connectivity index (χ1v) is 14.4. The van der Waals surface area contributed by atoms with E-state index < -0.39 is 17.0 Å². The molecule has 0 saturated carbocycles. The molecule has 0 bridgehead atoms. The van der Waals surface area contributed by atoms with Gasteiger partial charge in [0.2, 0.25) is 5.91 Å². The fraction of sp³-hybridized carbons (Fsp3) is 0.500. The van der Waals surface area contributed by atoms with Gasteiger partial charge in [-0.1, -0.05) is 35.4 Å². The van der Waals surface area contributed by atoms with E-state index in [0.717, 1.165) is 38.9 Å². The number of nitrogens with one attached hydrogen (secondary N) is 2. The van der Waals surface area contributed by atoms with Crippen molar-refractivity contribution in [2.45, 2.75) is 79.8 Å². The molecule has 2 unspecified atom stereocenters. The molecule has 2 aromatic rings. The summed E-state index contributed by atoms with van der Waals surface area (Å²) in [4.78, 5) is 36.8. The molecule has 1 heterocycles. The van der Waals surface area contributed by atoms with Gasteiger partial charge in [-0.25, -0.2) is 4.79 Å². The Bertz CT molecular complexity index is 1350. The lowest BCUT2D eigenvalue weighted by atomic mass is 9.91. The molecule has 9 nitrogen and oxygen atoms in total. The number of carbonyl (C=O) groups is 3. The van der Waals surface area contributed by atoms with Crippen molar-refractivity contribution in [1.29, 1.82) is 0 Å². The van der Waals surface area contributed by atoms with Gasteiger partial charge in [0.25, 0.3) is 5.91 Å². The summed E-state index contributed by atoms with van der Waals surface area (Å²) in [5, 5.41) is 16.1. The molecule has 2 aromatic carbocycles. The zero-order valence-electron chi connectivity index (χ0n) is 27.5. The van der Waals surface area contributed by atoms with Crippen molar-refractivity contribution in [3.8, 4) is 0 Å². The number of hydrogen-bond donors (Lipinski definition) is 3. The van der Waals surface area contributed by atoms with Gasteiger partial charge in [0.1, 0.15) is 11.3 Å². The molecule has 9 heteroatoms. The lowest BCUT2D eigenvalue weighted by Gasteiger charge is -2.28. The highest BCUT2D eigenvalue weighted by Crippen LogP contribution is 2.35. The summed E-state index contributed by atoms with van der Waals surface area (Å²) in [5.74, 6) is -0.920. The van der Waals surface area contributed by atoms with E-state index >= 15 is 0 Å². The van der Waals surface area contributed by atoms with Crippen LogP contribution >= 0.6 is 0 Å². The Morgan fingerprint density at radius 2 is 1.44 bits per heavy atom. The zero-order chi connectivity index (χ0) is 32.7. The summed E-state index contributed by atoms with van der Waals surface area (Å²) in [7, 11) is 3.03. The third-order valence-electron chi connectivity index (χ3n) is 7.49. The highest BCUT2D eigenvalue weighted by molar-refractivity contribution is 6.23. The number of aliphatic hydroxyl groups is 1. The largest absolute Gasteiger partial charge is 0.509 e. The summed E-state index contributed by atoms with van der Waals surface area (Å²) < 4.78 is 15.2. The van der Waals surface area contributed by atoms with E-state index in [0.29, 0.717) is 5.57 Å². The monoisotopic (exact) mass is 596 g/mol. The van der Waals surface area contributed by atoms with Crippen molar-refractivity contribution in [2.75, 3.05) is 34.0 Å². The smallest absolute Gasteiger partial charge is 0.333 e. The second-order valence-corrected chi connectivity index (χ2v) is 11.8. The second kappa shape index (κ2) is 14.7. The standard InChI is InChI=1S/C18H27NO4.C16H21NO3/c1-7-23-17(21)18(5,11-22-6)19-16(20)10-15-13(3)8-12(2)9-14(15)4;1-9-6-10(2)12(11(3)7-9)13-14(18)16(4,8-20-5)17-15(13)19/h8-9H,7,10-11H2,1-6H3,(H,19,20);6-7,18H,8H2,1-5H3,(H,17,19). The number of amides is 2.